The second-order valence-corrected chi connectivity index (χ2v) is 5.08. The Hall–Kier alpha value is -1.69. The van der Waals surface area contributed by atoms with Crippen molar-refractivity contribution < 1.29 is 0 Å². The quantitative estimate of drug-likeness (QED) is 0.827. The molecule has 1 saturated carbocycles. The van der Waals surface area contributed by atoms with Crippen LogP contribution in [-0.2, 0) is 0 Å². The van der Waals surface area contributed by atoms with Crippen LogP contribution in [0.1, 0.15) is 12.8 Å². The number of rotatable bonds is 5. The highest BCUT2D eigenvalue weighted by molar-refractivity contribution is 5.69. The van der Waals surface area contributed by atoms with E-state index in [1.807, 2.05) is 0 Å². The van der Waals surface area contributed by atoms with Crippen molar-refractivity contribution in [3.8, 4) is 0 Å². The number of imidazole rings is 1. The number of anilines is 1. The lowest BCUT2D eigenvalue weighted by Crippen LogP contribution is -2.36. The molecule has 1 aliphatic carbocycles. The van der Waals surface area contributed by atoms with Gasteiger partial charge in [-0.25, -0.2) is 9.97 Å². The van der Waals surface area contributed by atoms with Gasteiger partial charge in [-0.2, -0.15) is 4.98 Å². The first-order valence-corrected chi connectivity index (χ1v) is 6.30. The number of H-pyrrole nitrogens is 1. The molecule has 3 rings (SSSR count). The molecule has 0 aliphatic heterocycles. The smallest absolute Gasteiger partial charge is 0.224 e. The monoisotopic (exact) mass is 246 g/mol. The van der Waals surface area contributed by atoms with E-state index < -0.39 is 0 Å². The molecule has 1 atom stereocenters. The molecule has 0 amide bonds. The summed E-state index contributed by atoms with van der Waals surface area (Å²) in [5.74, 6) is 1.48. The van der Waals surface area contributed by atoms with Gasteiger partial charge < -0.3 is 15.2 Å². The second kappa shape index (κ2) is 4.53. The molecule has 0 radical (unpaired) electrons. The fourth-order valence-corrected chi connectivity index (χ4v) is 2.27. The van der Waals surface area contributed by atoms with Crippen molar-refractivity contribution in [1.29, 1.82) is 0 Å². The summed E-state index contributed by atoms with van der Waals surface area (Å²) >= 11 is 0. The van der Waals surface area contributed by atoms with Crippen molar-refractivity contribution in [2.45, 2.75) is 18.9 Å². The van der Waals surface area contributed by atoms with Gasteiger partial charge in [0.15, 0.2) is 5.65 Å². The topological polar surface area (TPSA) is 69.7 Å². The van der Waals surface area contributed by atoms with Crippen LogP contribution in [0.3, 0.4) is 0 Å². The third-order valence-electron chi connectivity index (χ3n) is 3.47. The Bertz CT molecular complexity index is 528. The number of aromatic nitrogens is 4. The van der Waals surface area contributed by atoms with E-state index in [0.29, 0.717) is 17.6 Å². The highest BCUT2D eigenvalue weighted by Gasteiger charge is 2.32. The number of hydrogen-bond donors (Lipinski definition) is 2. The van der Waals surface area contributed by atoms with Gasteiger partial charge in [0.25, 0.3) is 0 Å². The Kier molecular flexibility index (Phi) is 2.87. The average Bonchev–Trinajstić information content (AvgIpc) is 3.07. The number of likely N-dealkylation sites (N-methyl/N-ethyl adjacent to an activating group) is 1. The van der Waals surface area contributed by atoms with Crippen molar-refractivity contribution in [1.82, 2.24) is 24.8 Å². The van der Waals surface area contributed by atoms with Gasteiger partial charge >= 0.3 is 0 Å². The summed E-state index contributed by atoms with van der Waals surface area (Å²) in [7, 11) is 4.25. The van der Waals surface area contributed by atoms with E-state index in [4.69, 9.17) is 0 Å². The minimum Gasteiger partial charge on any atom is -0.353 e. The zero-order valence-electron chi connectivity index (χ0n) is 10.7. The van der Waals surface area contributed by atoms with Gasteiger partial charge in [0.2, 0.25) is 5.95 Å². The zero-order chi connectivity index (χ0) is 12.5. The third-order valence-corrected chi connectivity index (χ3v) is 3.47. The summed E-state index contributed by atoms with van der Waals surface area (Å²) < 4.78 is 0. The SMILES string of the molecule is CN(C)C(CNc1ncc2[nH]cnc2n1)C1CC1. The summed E-state index contributed by atoms with van der Waals surface area (Å²) in [5, 5.41) is 3.31. The average molecular weight is 246 g/mol. The molecule has 1 aliphatic rings. The maximum absolute atomic E-state index is 4.36. The van der Waals surface area contributed by atoms with Gasteiger partial charge in [0.1, 0.15) is 5.52 Å². The minimum atomic E-state index is 0.559. The maximum Gasteiger partial charge on any atom is 0.224 e. The number of aromatic amines is 1. The van der Waals surface area contributed by atoms with Crippen molar-refractivity contribution in [3.63, 3.8) is 0 Å². The first-order valence-electron chi connectivity index (χ1n) is 6.30. The third kappa shape index (κ3) is 2.28. The van der Waals surface area contributed by atoms with Crippen molar-refractivity contribution in [3.05, 3.63) is 12.5 Å². The number of nitrogens with one attached hydrogen (secondary N) is 2. The molecule has 6 nitrogen and oxygen atoms in total. The predicted octanol–water partition coefficient (Wildman–Crippen LogP) is 1.10. The van der Waals surface area contributed by atoms with E-state index in [-0.39, 0.29) is 0 Å². The summed E-state index contributed by atoms with van der Waals surface area (Å²) in [4.78, 5) is 18.0. The van der Waals surface area contributed by atoms with Crippen LogP contribution in [0.25, 0.3) is 11.2 Å². The fraction of sp³-hybridized carbons (Fsp3) is 0.583. The number of hydrogen-bond acceptors (Lipinski definition) is 5. The summed E-state index contributed by atoms with van der Waals surface area (Å²) in [6.45, 7) is 0.883. The number of fused-ring (bicyclic) bond motifs is 1. The van der Waals surface area contributed by atoms with Crippen LogP contribution in [0.15, 0.2) is 12.5 Å². The zero-order valence-corrected chi connectivity index (χ0v) is 10.7. The van der Waals surface area contributed by atoms with Gasteiger partial charge in [0.05, 0.1) is 12.5 Å². The molecule has 0 bridgehead atoms. The molecule has 0 saturated heterocycles. The highest BCUT2D eigenvalue weighted by atomic mass is 15.2. The largest absolute Gasteiger partial charge is 0.353 e. The number of nitrogens with zero attached hydrogens (tertiary/aromatic N) is 4. The van der Waals surface area contributed by atoms with E-state index in [0.717, 1.165) is 18.0 Å². The lowest BCUT2D eigenvalue weighted by atomic mass is 10.1. The lowest BCUT2D eigenvalue weighted by Gasteiger charge is -2.24. The van der Waals surface area contributed by atoms with E-state index in [1.54, 1.807) is 12.5 Å². The maximum atomic E-state index is 4.36. The predicted molar refractivity (Wildman–Crippen MR) is 70.4 cm³/mol. The molecule has 2 N–H and O–H groups in total. The molecule has 0 spiro atoms. The molecule has 96 valence electrons. The first kappa shape index (κ1) is 11.4. The van der Waals surface area contributed by atoms with Crippen LogP contribution in [0.5, 0.6) is 0 Å². The Balaban J connectivity index is 1.67. The van der Waals surface area contributed by atoms with E-state index in [1.165, 1.54) is 12.8 Å². The van der Waals surface area contributed by atoms with Gasteiger partial charge in [0, 0.05) is 12.6 Å². The van der Waals surface area contributed by atoms with Crippen molar-refractivity contribution in [2.24, 2.45) is 5.92 Å². The molecule has 2 heterocycles. The normalized spacial score (nSPS) is 17.3. The lowest BCUT2D eigenvalue weighted by molar-refractivity contribution is 0.276. The van der Waals surface area contributed by atoms with Crippen molar-refractivity contribution in [2.75, 3.05) is 26.0 Å². The van der Waals surface area contributed by atoms with Crippen LogP contribution in [0.2, 0.25) is 0 Å². The summed E-state index contributed by atoms with van der Waals surface area (Å²) in [6.07, 6.45) is 6.07. The summed E-state index contributed by atoms with van der Waals surface area (Å²) in [5.41, 5.74) is 1.58. The molecular formula is C12H18N6. The molecule has 1 fully saturated rings. The van der Waals surface area contributed by atoms with Gasteiger partial charge in [-0.3, -0.25) is 0 Å². The highest BCUT2D eigenvalue weighted by Crippen LogP contribution is 2.34. The standard InChI is InChI=1S/C12H18N6/c1-18(2)10(8-3-4-8)6-14-12-13-5-9-11(17-12)16-7-15-9/h5,7-8,10H,3-4,6H2,1-2H3,(H2,13,14,15,16,17). The van der Waals surface area contributed by atoms with E-state index >= 15 is 0 Å². The Morgan fingerprint density at radius 3 is 3.00 bits per heavy atom. The second-order valence-electron chi connectivity index (χ2n) is 5.08. The van der Waals surface area contributed by atoms with E-state index in [2.05, 4.69) is 44.2 Å². The van der Waals surface area contributed by atoms with Gasteiger partial charge in [-0.1, -0.05) is 0 Å². The molecule has 0 aromatic carbocycles. The van der Waals surface area contributed by atoms with E-state index in [9.17, 15) is 0 Å². The summed E-state index contributed by atoms with van der Waals surface area (Å²) in [6, 6.07) is 0.559. The van der Waals surface area contributed by atoms with Crippen LogP contribution in [0.4, 0.5) is 5.95 Å². The fourth-order valence-electron chi connectivity index (χ4n) is 2.27. The van der Waals surface area contributed by atoms with Crippen LogP contribution >= 0.6 is 0 Å². The molecule has 1 unspecified atom stereocenters. The van der Waals surface area contributed by atoms with Crippen LogP contribution < -0.4 is 5.32 Å². The Morgan fingerprint density at radius 1 is 1.44 bits per heavy atom. The van der Waals surface area contributed by atoms with Crippen LogP contribution in [0, 0.1) is 5.92 Å². The molecule has 6 heteroatoms. The Morgan fingerprint density at radius 2 is 2.28 bits per heavy atom. The molecule has 18 heavy (non-hydrogen) atoms. The molecule has 2 aromatic rings. The van der Waals surface area contributed by atoms with Gasteiger partial charge in [-0.05, 0) is 32.9 Å². The Labute approximate surface area is 106 Å². The van der Waals surface area contributed by atoms with Gasteiger partial charge in [-0.15, -0.1) is 0 Å². The first-order chi connectivity index (χ1) is 8.74. The molecule has 2 aromatic heterocycles. The van der Waals surface area contributed by atoms with Crippen molar-refractivity contribution >= 4 is 17.1 Å². The minimum absolute atomic E-state index is 0.559. The molecular weight excluding hydrogens is 228 g/mol. The van der Waals surface area contributed by atoms with Crippen LogP contribution in [-0.4, -0.2) is 51.5 Å².